The van der Waals surface area contributed by atoms with Crippen LogP contribution in [0.2, 0.25) is 0 Å². The molecule has 0 aliphatic carbocycles. The first-order valence-corrected chi connectivity index (χ1v) is 7.60. The van der Waals surface area contributed by atoms with E-state index in [9.17, 15) is 22.4 Å². The zero-order valence-corrected chi connectivity index (χ0v) is 11.6. The fourth-order valence-corrected chi connectivity index (χ4v) is 3.11. The van der Waals surface area contributed by atoms with E-state index in [1.807, 2.05) is 0 Å². The van der Waals surface area contributed by atoms with Crippen molar-refractivity contribution in [2.24, 2.45) is 0 Å². The molecule has 9 heteroatoms. The van der Waals surface area contributed by atoms with Crippen molar-refractivity contribution in [2.75, 3.05) is 6.54 Å². The smallest absolute Gasteiger partial charge is 0.335 e. The number of nitrogens with one attached hydrogen (secondary N) is 2. The van der Waals surface area contributed by atoms with Gasteiger partial charge in [0, 0.05) is 19.0 Å². The number of hydrogen-bond donors (Lipinski definition) is 3. The average Bonchev–Trinajstić information content (AvgIpc) is 2.82. The minimum Gasteiger partial charge on any atom is -0.478 e. The van der Waals surface area contributed by atoms with Gasteiger partial charge in [0.05, 0.1) is 5.56 Å². The van der Waals surface area contributed by atoms with Crippen molar-refractivity contribution < 1.29 is 27.5 Å². The van der Waals surface area contributed by atoms with E-state index in [2.05, 4.69) is 10.0 Å². The molecule has 0 spiro atoms. The Hall–Kier alpha value is -2.00. The van der Waals surface area contributed by atoms with Crippen LogP contribution in [0.25, 0.3) is 0 Å². The third-order valence-electron chi connectivity index (χ3n) is 3.07. The Morgan fingerprint density at radius 1 is 1.48 bits per heavy atom. The van der Waals surface area contributed by atoms with Crippen molar-refractivity contribution in [2.45, 2.75) is 23.8 Å². The molecule has 7 nitrogen and oxygen atoms in total. The van der Waals surface area contributed by atoms with E-state index in [-0.39, 0.29) is 24.1 Å². The van der Waals surface area contributed by atoms with Gasteiger partial charge in [-0.2, -0.15) is 0 Å². The number of aromatic carboxylic acids is 1. The first-order valence-electron chi connectivity index (χ1n) is 6.11. The standard InChI is InChI=1S/C12H13FN2O5S/c13-9-5-7(12(17)18)1-3-10(9)21(19,20)14-6-8-2-4-11(16)15-8/h1,3,5,8,14H,2,4,6H2,(H,15,16)(H,17,18). The van der Waals surface area contributed by atoms with Crippen LogP contribution >= 0.6 is 0 Å². The highest BCUT2D eigenvalue weighted by molar-refractivity contribution is 7.89. The molecule has 1 heterocycles. The Morgan fingerprint density at radius 2 is 2.19 bits per heavy atom. The first-order chi connectivity index (χ1) is 9.79. The fourth-order valence-electron chi connectivity index (χ4n) is 1.97. The number of amides is 1. The molecule has 1 aliphatic rings. The maximum absolute atomic E-state index is 13.7. The zero-order chi connectivity index (χ0) is 15.6. The van der Waals surface area contributed by atoms with Gasteiger partial charge in [-0.25, -0.2) is 22.3 Å². The van der Waals surface area contributed by atoms with E-state index in [0.29, 0.717) is 18.9 Å². The summed E-state index contributed by atoms with van der Waals surface area (Å²) in [5.74, 6) is -2.64. The van der Waals surface area contributed by atoms with Gasteiger partial charge in [-0.05, 0) is 24.6 Å². The number of carbonyl (C=O) groups is 2. The molecular weight excluding hydrogens is 303 g/mol. The van der Waals surface area contributed by atoms with Gasteiger partial charge >= 0.3 is 5.97 Å². The lowest BCUT2D eigenvalue weighted by Crippen LogP contribution is -2.38. The van der Waals surface area contributed by atoms with Gasteiger partial charge in [-0.15, -0.1) is 0 Å². The van der Waals surface area contributed by atoms with Crippen molar-refractivity contribution in [3.05, 3.63) is 29.6 Å². The average molecular weight is 316 g/mol. The quantitative estimate of drug-likeness (QED) is 0.712. The molecule has 2 rings (SSSR count). The molecule has 1 aromatic carbocycles. The summed E-state index contributed by atoms with van der Waals surface area (Å²) in [5.41, 5.74) is -0.338. The van der Waals surface area contributed by atoms with Gasteiger partial charge in [-0.1, -0.05) is 0 Å². The summed E-state index contributed by atoms with van der Waals surface area (Å²) in [4.78, 5) is 21.0. The monoisotopic (exact) mass is 316 g/mol. The third kappa shape index (κ3) is 3.56. The second kappa shape index (κ2) is 5.78. The molecule has 1 saturated heterocycles. The number of sulfonamides is 1. The lowest BCUT2D eigenvalue weighted by molar-refractivity contribution is -0.119. The number of rotatable bonds is 5. The molecule has 0 saturated carbocycles. The Labute approximate surface area is 120 Å². The van der Waals surface area contributed by atoms with Crippen molar-refractivity contribution in [1.82, 2.24) is 10.0 Å². The van der Waals surface area contributed by atoms with Crippen molar-refractivity contribution >= 4 is 21.9 Å². The molecule has 1 aromatic rings. The van der Waals surface area contributed by atoms with Crippen LogP contribution < -0.4 is 10.0 Å². The number of carboxylic acids is 1. The van der Waals surface area contributed by atoms with Crippen LogP contribution in [0, 0.1) is 5.82 Å². The summed E-state index contributed by atoms with van der Waals surface area (Å²) in [6.07, 6.45) is 0.829. The molecule has 1 atom stereocenters. The summed E-state index contributed by atoms with van der Waals surface area (Å²) in [7, 11) is -4.11. The Morgan fingerprint density at radius 3 is 2.71 bits per heavy atom. The maximum atomic E-state index is 13.7. The summed E-state index contributed by atoms with van der Waals surface area (Å²) < 4.78 is 39.8. The third-order valence-corrected chi connectivity index (χ3v) is 4.53. The number of carbonyl (C=O) groups excluding carboxylic acids is 1. The summed E-state index contributed by atoms with van der Waals surface area (Å²) in [6, 6.07) is 2.23. The largest absolute Gasteiger partial charge is 0.478 e. The van der Waals surface area contributed by atoms with Gasteiger partial charge < -0.3 is 10.4 Å². The van der Waals surface area contributed by atoms with Crippen LogP contribution in [0.4, 0.5) is 4.39 Å². The number of carboxylic acid groups (broad SMARTS) is 1. The van der Waals surface area contributed by atoms with Crippen molar-refractivity contribution in [1.29, 1.82) is 0 Å². The first kappa shape index (κ1) is 15.4. The van der Waals surface area contributed by atoms with E-state index in [4.69, 9.17) is 5.11 Å². The van der Waals surface area contributed by atoms with E-state index in [0.717, 1.165) is 12.1 Å². The van der Waals surface area contributed by atoms with Crippen LogP contribution in [-0.4, -0.2) is 38.0 Å². The highest BCUT2D eigenvalue weighted by Gasteiger charge is 2.25. The molecule has 21 heavy (non-hydrogen) atoms. The molecule has 1 unspecified atom stereocenters. The predicted octanol–water partition coefficient (Wildman–Crippen LogP) is 0.0808. The second-order valence-corrected chi connectivity index (χ2v) is 6.34. The molecule has 1 aliphatic heterocycles. The topological polar surface area (TPSA) is 113 Å². The van der Waals surface area contributed by atoms with Gasteiger partial charge in [0.15, 0.2) is 0 Å². The van der Waals surface area contributed by atoms with Crippen LogP contribution in [0.15, 0.2) is 23.1 Å². The second-order valence-electron chi connectivity index (χ2n) is 4.61. The van der Waals surface area contributed by atoms with Gasteiger partial charge in [0.2, 0.25) is 15.9 Å². The Balaban J connectivity index is 2.12. The molecule has 0 aromatic heterocycles. The van der Waals surface area contributed by atoms with Gasteiger partial charge in [-0.3, -0.25) is 4.79 Å². The summed E-state index contributed by atoms with van der Waals surface area (Å²) in [6.45, 7) is -0.0474. The molecule has 0 radical (unpaired) electrons. The predicted molar refractivity (Wildman–Crippen MR) is 69.7 cm³/mol. The SMILES string of the molecule is O=C1CCC(CNS(=O)(=O)c2ccc(C(=O)O)cc2F)N1. The fraction of sp³-hybridized carbons (Fsp3) is 0.333. The number of benzene rings is 1. The molecular formula is C12H13FN2O5S. The molecule has 3 N–H and O–H groups in total. The van der Waals surface area contributed by atoms with Crippen LogP contribution in [0.5, 0.6) is 0 Å². The Kier molecular flexibility index (Phi) is 4.24. The zero-order valence-electron chi connectivity index (χ0n) is 10.8. The van der Waals surface area contributed by atoms with Crippen molar-refractivity contribution in [3.63, 3.8) is 0 Å². The van der Waals surface area contributed by atoms with Crippen molar-refractivity contribution in [3.8, 4) is 0 Å². The lowest BCUT2D eigenvalue weighted by atomic mass is 10.2. The van der Waals surface area contributed by atoms with E-state index in [1.165, 1.54) is 0 Å². The van der Waals surface area contributed by atoms with E-state index >= 15 is 0 Å². The highest BCUT2D eigenvalue weighted by atomic mass is 32.2. The lowest BCUT2D eigenvalue weighted by Gasteiger charge is -2.12. The van der Waals surface area contributed by atoms with Crippen LogP contribution in [0.1, 0.15) is 23.2 Å². The van der Waals surface area contributed by atoms with Gasteiger partial charge in [0.25, 0.3) is 0 Å². The Bertz CT molecular complexity index is 689. The minimum atomic E-state index is -4.11. The van der Waals surface area contributed by atoms with Crippen LogP contribution in [-0.2, 0) is 14.8 Å². The molecule has 114 valence electrons. The van der Waals surface area contributed by atoms with Crippen LogP contribution in [0.3, 0.4) is 0 Å². The maximum Gasteiger partial charge on any atom is 0.335 e. The van der Waals surface area contributed by atoms with E-state index < -0.39 is 26.7 Å². The normalized spacial score (nSPS) is 18.5. The van der Waals surface area contributed by atoms with E-state index in [1.54, 1.807) is 0 Å². The molecule has 1 amide bonds. The summed E-state index contributed by atoms with van der Waals surface area (Å²) >= 11 is 0. The highest BCUT2D eigenvalue weighted by Crippen LogP contribution is 2.16. The number of hydrogen-bond acceptors (Lipinski definition) is 4. The minimum absolute atomic E-state index is 0.0474. The summed E-state index contributed by atoms with van der Waals surface area (Å²) in [5, 5.41) is 11.3. The van der Waals surface area contributed by atoms with Gasteiger partial charge in [0.1, 0.15) is 10.7 Å². The number of halogens is 1. The molecule has 0 bridgehead atoms. The molecule has 1 fully saturated rings.